The number of rotatable bonds is 5. The molecule has 2 aromatic carbocycles. The number of ether oxygens (including phenoxy) is 2. The molecule has 0 saturated carbocycles. The standard InChI is InChI=1S/C19H20N2O2S2/c1-11-7-13(9-16(22-2)19(11)23-3)18-14(10-25-21-18)12-5-6-17(24-4)15(20)8-12/h5-10H,20H2,1-4H3. The summed E-state index contributed by atoms with van der Waals surface area (Å²) in [6.07, 6.45) is 2.02. The molecular formula is C19H20N2O2S2. The van der Waals surface area contributed by atoms with Crippen LogP contribution in [0.3, 0.4) is 0 Å². The second-order valence-corrected chi connectivity index (χ2v) is 7.04. The first-order valence-corrected chi connectivity index (χ1v) is 9.76. The molecule has 0 fully saturated rings. The summed E-state index contributed by atoms with van der Waals surface area (Å²) >= 11 is 3.08. The van der Waals surface area contributed by atoms with Crippen LogP contribution in [0.2, 0.25) is 0 Å². The van der Waals surface area contributed by atoms with Gasteiger partial charge >= 0.3 is 0 Å². The number of aryl methyl sites for hydroxylation is 1. The maximum atomic E-state index is 6.16. The number of benzene rings is 2. The Morgan fingerprint density at radius 1 is 1.08 bits per heavy atom. The van der Waals surface area contributed by atoms with E-state index in [1.807, 2.05) is 25.3 Å². The van der Waals surface area contributed by atoms with Crippen LogP contribution in [0.5, 0.6) is 11.5 Å². The molecule has 0 spiro atoms. The third-order valence-electron chi connectivity index (χ3n) is 4.05. The molecule has 0 aliphatic rings. The second kappa shape index (κ2) is 7.37. The minimum Gasteiger partial charge on any atom is -0.493 e. The molecule has 3 aromatic rings. The number of nitrogens with zero attached hydrogens (tertiary/aromatic N) is 1. The molecule has 0 atom stereocenters. The third-order valence-corrected chi connectivity index (χ3v) is 5.49. The van der Waals surface area contributed by atoms with Gasteiger partial charge in [0.2, 0.25) is 0 Å². The lowest BCUT2D eigenvalue weighted by atomic mass is 9.99. The highest BCUT2D eigenvalue weighted by Gasteiger charge is 2.16. The number of thioether (sulfide) groups is 1. The Hall–Kier alpha value is -2.18. The van der Waals surface area contributed by atoms with Crippen LogP contribution in [-0.2, 0) is 0 Å². The van der Waals surface area contributed by atoms with E-state index in [0.29, 0.717) is 5.75 Å². The zero-order chi connectivity index (χ0) is 18.0. The summed E-state index contributed by atoms with van der Waals surface area (Å²) in [5, 5.41) is 2.05. The molecule has 0 radical (unpaired) electrons. The number of anilines is 1. The minimum absolute atomic E-state index is 0.702. The summed E-state index contributed by atoms with van der Waals surface area (Å²) in [6.45, 7) is 2.00. The third kappa shape index (κ3) is 3.32. The topological polar surface area (TPSA) is 57.4 Å². The predicted octanol–water partition coefficient (Wildman–Crippen LogP) is 5.11. The van der Waals surface area contributed by atoms with Crippen LogP contribution in [0, 0.1) is 6.92 Å². The van der Waals surface area contributed by atoms with Crippen molar-refractivity contribution in [1.29, 1.82) is 0 Å². The van der Waals surface area contributed by atoms with Gasteiger partial charge in [-0.15, -0.1) is 11.8 Å². The maximum absolute atomic E-state index is 6.16. The fraction of sp³-hybridized carbons (Fsp3) is 0.211. The zero-order valence-electron chi connectivity index (χ0n) is 14.6. The first-order chi connectivity index (χ1) is 12.1. The summed E-state index contributed by atoms with van der Waals surface area (Å²) in [5.74, 6) is 1.45. The number of aromatic nitrogens is 1. The summed E-state index contributed by atoms with van der Waals surface area (Å²) in [6, 6.07) is 10.2. The largest absolute Gasteiger partial charge is 0.493 e. The lowest BCUT2D eigenvalue weighted by Gasteiger charge is -2.13. The molecule has 130 valence electrons. The molecule has 25 heavy (non-hydrogen) atoms. The molecule has 1 aromatic heterocycles. The first kappa shape index (κ1) is 17.6. The van der Waals surface area contributed by atoms with E-state index in [0.717, 1.165) is 44.3 Å². The zero-order valence-corrected chi connectivity index (χ0v) is 16.3. The van der Waals surface area contributed by atoms with Gasteiger partial charge in [-0.25, -0.2) is 0 Å². The van der Waals surface area contributed by atoms with Gasteiger partial charge in [0.15, 0.2) is 11.5 Å². The van der Waals surface area contributed by atoms with E-state index in [4.69, 9.17) is 15.2 Å². The van der Waals surface area contributed by atoms with Gasteiger partial charge in [-0.2, -0.15) is 4.37 Å². The lowest BCUT2D eigenvalue weighted by Crippen LogP contribution is -1.95. The Morgan fingerprint density at radius 2 is 1.88 bits per heavy atom. The number of hydrogen-bond donors (Lipinski definition) is 1. The summed E-state index contributed by atoms with van der Waals surface area (Å²) in [7, 11) is 3.29. The quantitative estimate of drug-likeness (QED) is 0.498. The van der Waals surface area contributed by atoms with Gasteiger partial charge in [0, 0.05) is 27.1 Å². The molecule has 0 saturated heterocycles. The van der Waals surface area contributed by atoms with Crippen LogP contribution in [0.15, 0.2) is 40.6 Å². The molecule has 0 unspecified atom stereocenters. The van der Waals surface area contributed by atoms with Crippen molar-refractivity contribution in [3.05, 3.63) is 41.3 Å². The van der Waals surface area contributed by atoms with Crippen LogP contribution >= 0.6 is 23.3 Å². The Balaban J connectivity index is 2.11. The highest BCUT2D eigenvalue weighted by molar-refractivity contribution is 7.98. The maximum Gasteiger partial charge on any atom is 0.163 e. The molecular weight excluding hydrogens is 352 g/mol. The van der Waals surface area contributed by atoms with E-state index < -0.39 is 0 Å². The van der Waals surface area contributed by atoms with Crippen LogP contribution < -0.4 is 15.2 Å². The highest BCUT2D eigenvalue weighted by Crippen LogP contribution is 2.40. The Kier molecular flexibility index (Phi) is 5.20. The van der Waals surface area contributed by atoms with Gasteiger partial charge in [-0.05, 0) is 60.1 Å². The fourth-order valence-corrected chi connectivity index (χ4v) is 4.06. The van der Waals surface area contributed by atoms with Crippen LogP contribution in [0.25, 0.3) is 22.4 Å². The van der Waals surface area contributed by atoms with Crippen LogP contribution in [-0.4, -0.2) is 24.8 Å². The van der Waals surface area contributed by atoms with E-state index in [1.54, 1.807) is 26.0 Å². The van der Waals surface area contributed by atoms with Crippen molar-refractivity contribution in [3.63, 3.8) is 0 Å². The fourth-order valence-electron chi connectivity index (χ4n) is 2.84. The predicted molar refractivity (Wildman–Crippen MR) is 107 cm³/mol. The van der Waals surface area contributed by atoms with Crippen molar-refractivity contribution in [3.8, 4) is 33.9 Å². The van der Waals surface area contributed by atoms with Crippen molar-refractivity contribution >= 4 is 29.0 Å². The van der Waals surface area contributed by atoms with Crippen molar-refractivity contribution in [1.82, 2.24) is 4.37 Å². The van der Waals surface area contributed by atoms with Crippen LogP contribution in [0.1, 0.15) is 5.56 Å². The number of nitrogens with two attached hydrogens (primary N) is 1. The monoisotopic (exact) mass is 372 g/mol. The van der Waals surface area contributed by atoms with Crippen molar-refractivity contribution in [2.45, 2.75) is 11.8 Å². The Bertz CT molecular complexity index is 906. The SMILES string of the molecule is COc1cc(-c2nscc2-c2ccc(SC)c(N)c2)cc(C)c1OC. The summed E-state index contributed by atoms with van der Waals surface area (Å²) in [4.78, 5) is 1.08. The number of nitrogen functional groups attached to an aromatic ring is 1. The van der Waals surface area contributed by atoms with E-state index >= 15 is 0 Å². The molecule has 1 heterocycles. The average molecular weight is 373 g/mol. The second-order valence-electron chi connectivity index (χ2n) is 5.56. The van der Waals surface area contributed by atoms with Crippen LogP contribution in [0.4, 0.5) is 5.69 Å². The van der Waals surface area contributed by atoms with E-state index in [-0.39, 0.29) is 0 Å². The molecule has 0 aliphatic carbocycles. The smallest absolute Gasteiger partial charge is 0.163 e. The molecule has 0 amide bonds. The van der Waals surface area contributed by atoms with Crippen molar-refractivity contribution in [2.75, 3.05) is 26.2 Å². The first-order valence-electron chi connectivity index (χ1n) is 7.70. The van der Waals surface area contributed by atoms with Gasteiger partial charge in [0.05, 0.1) is 19.9 Å². The summed E-state index contributed by atoms with van der Waals surface area (Å²) in [5.41, 5.74) is 12.0. The van der Waals surface area contributed by atoms with E-state index in [9.17, 15) is 0 Å². The minimum atomic E-state index is 0.702. The van der Waals surface area contributed by atoms with E-state index in [2.05, 4.69) is 28.0 Å². The molecule has 4 nitrogen and oxygen atoms in total. The average Bonchev–Trinajstić information content (AvgIpc) is 3.10. The molecule has 3 rings (SSSR count). The van der Waals surface area contributed by atoms with Crippen molar-refractivity contribution < 1.29 is 9.47 Å². The summed E-state index contributed by atoms with van der Waals surface area (Å²) < 4.78 is 15.5. The van der Waals surface area contributed by atoms with Gasteiger partial charge < -0.3 is 15.2 Å². The molecule has 0 bridgehead atoms. The Morgan fingerprint density at radius 3 is 2.52 bits per heavy atom. The van der Waals surface area contributed by atoms with Gasteiger partial charge in [0.25, 0.3) is 0 Å². The van der Waals surface area contributed by atoms with Crippen molar-refractivity contribution in [2.24, 2.45) is 0 Å². The molecule has 0 aliphatic heterocycles. The van der Waals surface area contributed by atoms with Gasteiger partial charge in [0.1, 0.15) is 0 Å². The molecule has 6 heteroatoms. The normalized spacial score (nSPS) is 10.7. The lowest BCUT2D eigenvalue weighted by molar-refractivity contribution is 0.353. The van der Waals surface area contributed by atoms with Gasteiger partial charge in [-0.3, -0.25) is 0 Å². The van der Waals surface area contributed by atoms with E-state index in [1.165, 1.54) is 11.5 Å². The molecule has 2 N–H and O–H groups in total. The Labute approximate surface area is 156 Å². The highest BCUT2D eigenvalue weighted by atomic mass is 32.2. The van der Waals surface area contributed by atoms with Gasteiger partial charge in [-0.1, -0.05) is 6.07 Å². The number of methoxy groups -OCH3 is 2. The number of hydrogen-bond acceptors (Lipinski definition) is 6.